The van der Waals surface area contributed by atoms with Crippen LogP contribution in [0.15, 0.2) is 35.4 Å². The van der Waals surface area contributed by atoms with Gasteiger partial charge in [0.1, 0.15) is 17.6 Å². The lowest BCUT2D eigenvalue weighted by molar-refractivity contribution is 0.478. The molecular formula is C13H8Cl2N2OS. The minimum Gasteiger partial charge on any atom is -0.456 e. The molecule has 0 spiro atoms. The third-order valence-corrected chi connectivity index (χ3v) is 3.77. The molecule has 1 aromatic carbocycles. The van der Waals surface area contributed by atoms with Crippen molar-refractivity contribution in [1.82, 2.24) is 4.98 Å². The summed E-state index contributed by atoms with van der Waals surface area (Å²) in [5.41, 5.74) is 0.383. The highest BCUT2D eigenvalue weighted by molar-refractivity contribution is 7.98. The predicted octanol–water partition coefficient (Wildman–Crippen LogP) is 4.77. The number of halogens is 2. The first-order chi connectivity index (χ1) is 9.13. The van der Waals surface area contributed by atoms with Gasteiger partial charge in [-0.25, -0.2) is 4.98 Å². The quantitative estimate of drug-likeness (QED) is 0.766. The summed E-state index contributed by atoms with van der Waals surface area (Å²) >= 11 is 13.2. The van der Waals surface area contributed by atoms with Gasteiger partial charge < -0.3 is 4.74 Å². The number of nitrogens with zero attached hydrogens (tertiary/aromatic N) is 2. The van der Waals surface area contributed by atoms with Crippen LogP contribution >= 0.6 is 35.0 Å². The van der Waals surface area contributed by atoms with Crippen LogP contribution in [0.3, 0.4) is 0 Å². The van der Waals surface area contributed by atoms with E-state index in [9.17, 15) is 0 Å². The van der Waals surface area contributed by atoms with Gasteiger partial charge in [-0.15, -0.1) is 11.8 Å². The van der Waals surface area contributed by atoms with Crippen molar-refractivity contribution in [3.8, 4) is 17.6 Å². The summed E-state index contributed by atoms with van der Waals surface area (Å²) in [4.78, 5) is 4.80. The van der Waals surface area contributed by atoms with E-state index in [1.165, 1.54) is 18.0 Å². The summed E-state index contributed by atoms with van der Waals surface area (Å²) < 4.78 is 5.63. The molecule has 0 aliphatic carbocycles. The van der Waals surface area contributed by atoms with Crippen molar-refractivity contribution >= 4 is 35.0 Å². The third-order valence-electron chi connectivity index (χ3n) is 2.28. The van der Waals surface area contributed by atoms with E-state index in [2.05, 4.69) is 4.98 Å². The molecule has 0 aliphatic rings. The van der Waals surface area contributed by atoms with Gasteiger partial charge in [0, 0.05) is 11.0 Å². The fraction of sp³-hybridized carbons (Fsp3) is 0.0769. The largest absolute Gasteiger partial charge is 0.456 e. The average molecular weight is 311 g/mol. The van der Waals surface area contributed by atoms with E-state index in [1.54, 1.807) is 24.3 Å². The summed E-state index contributed by atoms with van der Waals surface area (Å²) in [5.74, 6) is 1.11. The van der Waals surface area contributed by atoms with Gasteiger partial charge in [0.25, 0.3) is 0 Å². The van der Waals surface area contributed by atoms with E-state index < -0.39 is 0 Å². The molecule has 96 valence electrons. The van der Waals surface area contributed by atoms with E-state index >= 15 is 0 Å². The fourth-order valence-corrected chi connectivity index (χ4v) is 2.21. The number of nitriles is 1. The second kappa shape index (κ2) is 6.16. The van der Waals surface area contributed by atoms with E-state index in [0.29, 0.717) is 27.2 Å². The topological polar surface area (TPSA) is 45.9 Å². The first-order valence-corrected chi connectivity index (χ1v) is 7.19. The average Bonchev–Trinajstić information content (AvgIpc) is 2.43. The van der Waals surface area contributed by atoms with Crippen molar-refractivity contribution in [1.29, 1.82) is 5.26 Å². The van der Waals surface area contributed by atoms with E-state index in [4.69, 9.17) is 33.2 Å². The molecule has 0 radical (unpaired) electrons. The molecule has 0 amide bonds. The van der Waals surface area contributed by atoms with Crippen molar-refractivity contribution in [3.05, 3.63) is 46.2 Å². The predicted molar refractivity (Wildman–Crippen MR) is 77.3 cm³/mol. The molecule has 0 aliphatic heterocycles. The summed E-state index contributed by atoms with van der Waals surface area (Å²) in [5, 5.41) is 9.79. The number of thioether (sulfide) groups is 1. The van der Waals surface area contributed by atoms with Crippen LogP contribution in [0.4, 0.5) is 0 Å². The van der Waals surface area contributed by atoms with Gasteiger partial charge in [0.15, 0.2) is 5.69 Å². The molecule has 0 bridgehead atoms. The van der Waals surface area contributed by atoms with Gasteiger partial charge in [-0.05, 0) is 24.5 Å². The zero-order valence-electron chi connectivity index (χ0n) is 9.85. The van der Waals surface area contributed by atoms with Gasteiger partial charge in [-0.3, -0.25) is 0 Å². The standard InChI is InChI=1S/C13H8Cl2N2OS/c1-19-13-5-9(7-17-12(13)6-16)18-8-2-3-10(14)11(15)4-8/h2-5,7H,1H3. The van der Waals surface area contributed by atoms with Crippen LogP contribution in [-0.4, -0.2) is 11.2 Å². The summed E-state index contributed by atoms with van der Waals surface area (Å²) in [6.45, 7) is 0. The Bertz CT molecular complexity index is 656. The van der Waals surface area contributed by atoms with E-state index in [-0.39, 0.29) is 0 Å². The lowest BCUT2D eigenvalue weighted by atomic mass is 10.3. The maximum Gasteiger partial charge on any atom is 0.154 e. The first-order valence-electron chi connectivity index (χ1n) is 5.21. The molecule has 0 N–H and O–H groups in total. The number of ether oxygens (including phenoxy) is 1. The zero-order valence-corrected chi connectivity index (χ0v) is 12.2. The number of pyridine rings is 1. The normalized spacial score (nSPS) is 10.0. The van der Waals surface area contributed by atoms with Crippen molar-refractivity contribution in [3.63, 3.8) is 0 Å². The SMILES string of the molecule is CSc1cc(Oc2ccc(Cl)c(Cl)c2)cnc1C#N. The maximum atomic E-state index is 8.90. The second-order valence-electron chi connectivity index (χ2n) is 3.51. The van der Waals surface area contributed by atoms with Gasteiger partial charge in [-0.2, -0.15) is 5.26 Å². The van der Waals surface area contributed by atoms with Crippen LogP contribution in [-0.2, 0) is 0 Å². The summed E-state index contributed by atoms with van der Waals surface area (Å²) in [6, 6.07) is 8.79. The zero-order chi connectivity index (χ0) is 13.8. The Labute approximate surface area is 125 Å². The molecule has 19 heavy (non-hydrogen) atoms. The van der Waals surface area contributed by atoms with Crippen molar-refractivity contribution in [2.45, 2.75) is 4.90 Å². The third kappa shape index (κ3) is 3.32. The van der Waals surface area contributed by atoms with Crippen LogP contribution in [0.1, 0.15) is 5.69 Å². The van der Waals surface area contributed by atoms with Gasteiger partial charge in [0.2, 0.25) is 0 Å². The Morgan fingerprint density at radius 1 is 1.21 bits per heavy atom. The van der Waals surface area contributed by atoms with Crippen LogP contribution in [0.25, 0.3) is 0 Å². The Balaban J connectivity index is 2.28. The van der Waals surface area contributed by atoms with Crippen LogP contribution in [0.5, 0.6) is 11.5 Å². The van der Waals surface area contributed by atoms with Crippen LogP contribution < -0.4 is 4.74 Å². The number of hydrogen-bond donors (Lipinski definition) is 0. The van der Waals surface area contributed by atoms with E-state index in [1.807, 2.05) is 12.3 Å². The molecule has 1 heterocycles. The second-order valence-corrected chi connectivity index (χ2v) is 5.17. The smallest absolute Gasteiger partial charge is 0.154 e. The number of aromatic nitrogens is 1. The number of rotatable bonds is 3. The van der Waals surface area contributed by atoms with Crippen LogP contribution in [0.2, 0.25) is 10.0 Å². The molecule has 3 nitrogen and oxygen atoms in total. The molecule has 0 saturated carbocycles. The van der Waals surface area contributed by atoms with Gasteiger partial charge >= 0.3 is 0 Å². The maximum absolute atomic E-state index is 8.90. The summed E-state index contributed by atoms with van der Waals surface area (Å²) in [7, 11) is 0. The Morgan fingerprint density at radius 3 is 2.63 bits per heavy atom. The minimum atomic E-state index is 0.383. The number of hydrogen-bond acceptors (Lipinski definition) is 4. The lowest BCUT2D eigenvalue weighted by Crippen LogP contribution is -1.90. The molecule has 0 fully saturated rings. The molecule has 2 rings (SSSR count). The monoisotopic (exact) mass is 310 g/mol. The van der Waals surface area contributed by atoms with Crippen molar-refractivity contribution in [2.24, 2.45) is 0 Å². The van der Waals surface area contributed by atoms with E-state index in [0.717, 1.165) is 4.90 Å². The first kappa shape index (κ1) is 14.0. The summed E-state index contributed by atoms with van der Waals surface area (Å²) in [6.07, 6.45) is 3.38. The van der Waals surface area contributed by atoms with Gasteiger partial charge in [0.05, 0.1) is 16.2 Å². The van der Waals surface area contributed by atoms with Crippen molar-refractivity contribution < 1.29 is 4.74 Å². The molecular weight excluding hydrogens is 303 g/mol. The highest BCUT2D eigenvalue weighted by Gasteiger charge is 2.07. The molecule has 6 heteroatoms. The van der Waals surface area contributed by atoms with Crippen molar-refractivity contribution in [2.75, 3.05) is 6.26 Å². The Morgan fingerprint density at radius 2 is 2.00 bits per heavy atom. The van der Waals surface area contributed by atoms with Gasteiger partial charge in [-0.1, -0.05) is 23.2 Å². The van der Waals surface area contributed by atoms with Crippen LogP contribution in [0, 0.1) is 11.3 Å². The molecule has 0 unspecified atom stereocenters. The molecule has 1 aromatic heterocycles. The minimum absolute atomic E-state index is 0.383. The molecule has 0 saturated heterocycles. The Hall–Kier alpha value is -1.41. The fourth-order valence-electron chi connectivity index (χ4n) is 1.40. The highest BCUT2D eigenvalue weighted by Crippen LogP contribution is 2.31. The highest BCUT2D eigenvalue weighted by atomic mass is 35.5. The molecule has 0 atom stereocenters. The Kier molecular flexibility index (Phi) is 4.54. The number of benzene rings is 1. The molecule has 2 aromatic rings. The lowest BCUT2D eigenvalue weighted by Gasteiger charge is -2.08.